The van der Waals surface area contributed by atoms with Gasteiger partial charge < -0.3 is 15.4 Å². The Morgan fingerprint density at radius 3 is 2.83 bits per heavy atom. The summed E-state index contributed by atoms with van der Waals surface area (Å²) in [6.07, 6.45) is 6.69. The van der Waals surface area contributed by atoms with E-state index in [4.69, 9.17) is 4.74 Å². The van der Waals surface area contributed by atoms with E-state index >= 15 is 0 Å². The number of aryl methyl sites for hydroxylation is 2. The van der Waals surface area contributed by atoms with Gasteiger partial charge in [0.2, 0.25) is 0 Å². The minimum Gasteiger partial charge on any atom is -0.377 e. The first-order valence-corrected chi connectivity index (χ1v) is 10.2. The van der Waals surface area contributed by atoms with Crippen LogP contribution in [-0.2, 0) is 30.7 Å². The molecular weight excluding hydrogens is 479 g/mol. The quantitative estimate of drug-likeness (QED) is 0.234. The van der Waals surface area contributed by atoms with Crippen molar-refractivity contribution in [3.63, 3.8) is 0 Å². The van der Waals surface area contributed by atoms with Crippen LogP contribution in [0.4, 0.5) is 0 Å². The number of ether oxygens (including phenoxy) is 1. The molecule has 1 atom stereocenters. The smallest absolute Gasteiger partial charge is 0.191 e. The molecule has 0 bridgehead atoms. The molecule has 2 heterocycles. The number of hydrogen-bond donors (Lipinski definition) is 2. The first-order chi connectivity index (χ1) is 13.8. The SMILES string of the molecule is CN=C(NCCCCCc1ccccc1)NC1CCc2nc(COC)nn2C1.I. The lowest BCUT2D eigenvalue weighted by Crippen LogP contribution is -2.47. The lowest BCUT2D eigenvalue weighted by atomic mass is 10.1. The summed E-state index contributed by atoms with van der Waals surface area (Å²) in [6, 6.07) is 11.0. The van der Waals surface area contributed by atoms with Crippen LogP contribution >= 0.6 is 24.0 Å². The Kier molecular flexibility index (Phi) is 10.4. The van der Waals surface area contributed by atoms with E-state index in [-0.39, 0.29) is 24.0 Å². The van der Waals surface area contributed by atoms with Gasteiger partial charge in [0.15, 0.2) is 11.8 Å². The van der Waals surface area contributed by atoms with Gasteiger partial charge in [-0.25, -0.2) is 9.67 Å². The van der Waals surface area contributed by atoms with Crippen LogP contribution in [-0.4, -0.2) is 47.5 Å². The average Bonchev–Trinajstić information content (AvgIpc) is 3.12. The number of methoxy groups -OCH3 is 1. The number of guanidine groups is 1. The summed E-state index contributed by atoms with van der Waals surface area (Å²) in [6.45, 7) is 2.21. The third-order valence-electron chi connectivity index (χ3n) is 5.02. The van der Waals surface area contributed by atoms with Gasteiger partial charge in [-0.05, 0) is 31.2 Å². The molecule has 0 fully saturated rings. The van der Waals surface area contributed by atoms with Crippen LogP contribution in [0, 0.1) is 0 Å². The molecule has 7 nitrogen and oxygen atoms in total. The molecule has 2 aromatic rings. The molecule has 1 aliphatic rings. The van der Waals surface area contributed by atoms with Crippen LogP contribution < -0.4 is 10.6 Å². The molecule has 0 spiro atoms. The lowest BCUT2D eigenvalue weighted by Gasteiger charge is -2.25. The van der Waals surface area contributed by atoms with Crippen molar-refractivity contribution >= 4 is 29.9 Å². The van der Waals surface area contributed by atoms with Crippen LogP contribution in [0.1, 0.15) is 42.9 Å². The zero-order valence-corrected chi connectivity index (χ0v) is 19.8. The predicted octanol–water partition coefficient (Wildman–Crippen LogP) is 2.94. The summed E-state index contributed by atoms with van der Waals surface area (Å²) >= 11 is 0. The maximum Gasteiger partial charge on any atom is 0.191 e. The molecule has 1 aromatic heterocycles. The number of benzene rings is 1. The van der Waals surface area contributed by atoms with E-state index in [1.807, 2.05) is 11.7 Å². The standard InChI is InChI=1S/C21H32N6O.HI/c1-22-21(23-14-8-4-7-11-17-9-5-3-6-10-17)24-18-12-13-20-25-19(16-28-2)26-27(20)15-18;/h3,5-6,9-10,18H,4,7-8,11-16H2,1-2H3,(H2,22,23,24);1H. The van der Waals surface area contributed by atoms with Crippen LogP contribution in [0.2, 0.25) is 0 Å². The number of nitrogens with one attached hydrogen (secondary N) is 2. The van der Waals surface area contributed by atoms with Crippen molar-refractivity contribution in [2.24, 2.45) is 4.99 Å². The zero-order chi connectivity index (χ0) is 19.6. The summed E-state index contributed by atoms with van der Waals surface area (Å²) in [7, 11) is 3.49. The van der Waals surface area contributed by atoms with Crippen molar-refractivity contribution < 1.29 is 4.74 Å². The Balaban J connectivity index is 0.00000300. The maximum atomic E-state index is 5.13. The largest absolute Gasteiger partial charge is 0.377 e. The summed E-state index contributed by atoms with van der Waals surface area (Å²) < 4.78 is 7.12. The lowest BCUT2D eigenvalue weighted by molar-refractivity contribution is 0.177. The van der Waals surface area contributed by atoms with Gasteiger partial charge in [0.25, 0.3) is 0 Å². The van der Waals surface area contributed by atoms with Gasteiger partial charge in [0, 0.05) is 33.2 Å². The highest BCUT2D eigenvalue weighted by atomic mass is 127. The van der Waals surface area contributed by atoms with Crippen molar-refractivity contribution in [1.82, 2.24) is 25.4 Å². The van der Waals surface area contributed by atoms with Gasteiger partial charge >= 0.3 is 0 Å². The van der Waals surface area contributed by atoms with E-state index in [9.17, 15) is 0 Å². The Bertz CT molecular complexity index is 749. The molecule has 0 saturated heterocycles. The highest BCUT2D eigenvalue weighted by molar-refractivity contribution is 14.0. The van der Waals surface area contributed by atoms with Crippen molar-refractivity contribution in [3.8, 4) is 0 Å². The zero-order valence-electron chi connectivity index (χ0n) is 17.4. The Morgan fingerprint density at radius 1 is 1.24 bits per heavy atom. The van der Waals surface area contributed by atoms with Crippen LogP contribution in [0.3, 0.4) is 0 Å². The molecule has 1 aliphatic heterocycles. The molecule has 3 rings (SSSR count). The van der Waals surface area contributed by atoms with Crippen molar-refractivity contribution in [3.05, 3.63) is 47.5 Å². The van der Waals surface area contributed by atoms with Crippen LogP contribution in [0.15, 0.2) is 35.3 Å². The fraction of sp³-hybridized carbons (Fsp3) is 0.571. The molecule has 29 heavy (non-hydrogen) atoms. The molecule has 0 saturated carbocycles. The number of aromatic nitrogens is 3. The minimum absolute atomic E-state index is 0. The van der Waals surface area contributed by atoms with Crippen molar-refractivity contribution in [2.75, 3.05) is 20.7 Å². The van der Waals surface area contributed by atoms with Gasteiger partial charge in [-0.1, -0.05) is 36.8 Å². The third kappa shape index (κ3) is 7.58. The molecule has 2 N–H and O–H groups in total. The molecule has 0 radical (unpaired) electrons. The number of aliphatic imine (C=N–C) groups is 1. The highest BCUT2D eigenvalue weighted by Crippen LogP contribution is 2.13. The van der Waals surface area contributed by atoms with E-state index in [1.165, 1.54) is 18.4 Å². The second-order valence-electron chi connectivity index (χ2n) is 7.23. The monoisotopic (exact) mass is 512 g/mol. The molecule has 160 valence electrons. The second kappa shape index (κ2) is 12.8. The normalized spacial score (nSPS) is 16.1. The fourth-order valence-corrected chi connectivity index (χ4v) is 3.54. The summed E-state index contributed by atoms with van der Waals surface area (Å²) in [5.74, 6) is 2.68. The topological polar surface area (TPSA) is 76.4 Å². The van der Waals surface area contributed by atoms with Crippen molar-refractivity contribution in [2.45, 2.75) is 57.7 Å². The Labute approximate surface area is 190 Å². The summed E-state index contributed by atoms with van der Waals surface area (Å²) in [4.78, 5) is 8.89. The third-order valence-corrected chi connectivity index (χ3v) is 5.02. The number of fused-ring (bicyclic) bond motifs is 1. The molecule has 1 unspecified atom stereocenters. The highest BCUT2D eigenvalue weighted by Gasteiger charge is 2.22. The van der Waals surface area contributed by atoms with Gasteiger partial charge in [-0.2, -0.15) is 5.10 Å². The van der Waals surface area contributed by atoms with E-state index < -0.39 is 0 Å². The molecule has 1 aromatic carbocycles. The molecule has 8 heteroatoms. The summed E-state index contributed by atoms with van der Waals surface area (Å²) in [5.41, 5.74) is 1.42. The van der Waals surface area contributed by atoms with Crippen LogP contribution in [0.5, 0.6) is 0 Å². The first kappa shape index (κ1) is 23.6. The summed E-state index contributed by atoms with van der Waals surface area (Å²) in [5, 5.41) is 11.5. The number of unbranched alkanes of at least 4 members (excludes halogenated alkanes) is 2. The molecule has 0 amide bonds. The van der Waals surface area contributed by atoms with E-state index in [1.54, 1.807) is 7.11 Å². The minimum atomic E-state index is 0. The van der Waals surface area contributed by atoms with Gasteiger partial charge in [-0.15, -0.1) is 24.0 Å². The van der Waals surface area contributed by atoms with Crippen LogP contribution in [0.25, 0.3) is 0 Å². The maximum absolute atomic E-state index is 5.13. The number of rotatable bonds is 9. The van der Waals surface area contributed by atoms with E-state index in [0.29, 0.717) is 12.6 Å². The second-order valence-corrected chi connectivity index (χ2v) is 7.23. The van der Waals surface area contributed by atoms with E-state index in [0.717, 1.165) is 56.4 Å². The molecule has 0 aliphatic carbocycles. The Hall–Kier alpha value is -1.68. The van der Waals surface area contributed by atoms with Gasteiger partial charge in [-0.3, -0.25) is 4.99 Å². The number of halogens is 1. The first-order valence-electron chi connectivity index (χ1n) is 10.2. The molecular formula is C21H33IN6O. The van der Waals surface area contributed by atoms with Gasteiger partial charge in [0.1, 0.15) is 12.4 Å². The fourth-order valence-electron chi connectivity index (χ4n) is 3.54. The Morgan fingerprint density at radius 2 is 2.07 bits per heavy atom. The number of nitrogens with zero attached hydrogens (tertiary/aromatic N) is 4. The van der Waals surface area contributed by atoms with Gasteiger partial charge in [0.05, 0.1) is 6.54 Å². The number of hydrogen-bond acceptors (Lipinski definition) is 4. The van der Waals surface area contributed by atoms with Crippen molar-refractivity contribution in [1.29, 1.82) is 0 Å². The average molecular weight is 512 g/mol. The predicted molar refractivity (Wildman–Crippen MR) is 127 cm³/mol. The van der Waals surface area contributed by atoms with E-state index in [2.05, 4.69) is 56.0 Å².